The van der Waals surface area contributed by atoms with Crippen molar-refractivity contribution in [3.63, 3.8) is 0 Å². The van der Waals surface area contributed by atoms with Gasteiger partial charge in [-0.25, -0.2) is 9.98 Å². The van der Waals surface area contributed by atoms with E-state index in [2.05, 4.69) is 27.4 Å². The Morgan fingerprint density at radius 2 is 2.15 bits per heavy atom. The topological polar surface area (TPSA) is 72.5 Å². The lowest BCUT2D eigenvalue weighted by Crippen LogP contribution is -2.04. The Morgan fingerprint density at radius 3 is 2.93 bits per heavy atom. The fourth-order valence-corrected chi connectivity index (χ4v) is 2.99. The van der Waals surface area contributed by atoms with Crippen LogP contribution in [0.5, 0.6) is 5.75 Å². The van der Waals surface area contributed by atoms with Gasteiger partial charge >= 0.3 is 0 Å². The Bertz CT molecular complexity index is 869. The number of aromatic nitrogens is 1. The number of ether oxygens (including phenoxy) is 1. The third kappa shape index (κ3) is 4.76. The largest absolute Gasteiger partial charge is 0.492 e. The predicted octanol–water partition coefficient (Wildman–Crippen LogP) is 4.31. The van der Waals surface area contributed by atoms with E-state index in [4.69, 9.17) is 10.5 Å². The van der Waals surface area contributed by atoms with Crippen LogP contribution in [0.1, 0.15) is 37.0 Å². The van der Waals surface area contributed by atoms with Crippen LogP contribution in [0.15, 0.2) is 59.5 Å². The molecular formula is C22H26N4O. The summed E-state index contributed by atoms with van der Waals surface area (Å²) in [5.41, 5.74) is 10.2. The van der Waals surface area contributed by atoms with Gasteiger partial charge in [-0.1, -0.05) is 37.3 Å². The summed E-state index contributed by atoms with van der Waals surface area (Å²) in [6, 6.07) is 10.3. The molecule has 0 saturated carbocycles. The number of nitrogens with zero attached hydrogens (tertiary/aromatic N) is 2. The molecule has 0 unspecified atom stereocenters. The van der Waals surface area contributed by atoms with Crippen molar-refractivity contribution in [1.82, 2.24) is 4.98 Å². The standard InChI is InChI=1S/C22H26N4O/c1-3-7-20(23)24-12-10-16(2)19-15-26-22(18-11-13-27-21(18)19)25-14-17-8-5-4-6-9-17/h4-10,12,15H,3,11,13-14,23H2,1-2H3,(H,25,26)/b16-10+,20-7+,24-12-. The van der Waals surface area contributed by atoms with Crippen LogP contribution in [0.3, 0.4) is 0 Å². The third-order valence-electron chi connectivity index (χ3n) is 4.41. The molecule has 1 aliphatic heterocycles. The minimum absolute atomic E-state index is 0.529. The predicted molar refractivity (Wildman–Crippen MR) is 112 cm³/mol. The summed E-state index contributed by atoms with van der Waals surface area (Å²) < 4.78 is 5.91. The second-order valence-electron chi connectivity index (χ2n) is 6.43. The number of anilines is 1. The lowest BCUT2D eigenvalue weighted by Gasteiger charge is -2.13. The van der Waals surface area contributed by atoms with Crippen molar-refractivity contribution in [2.24, 2.45) is 10.7 Å². The van der Waals surface area contributed by atoms with Gasteiger partial charge in [0.25, 0.3) is 0 Å². The second-order valence-corrected chi connectivity index (χ2v) is 6.43. The molecule has 0 bridgehead atoms. The SMILES string of the molecule is CC/C=C(N)/N=C\C=C(/C)c1cnc(NCc2ccccc2)c2c1OCC2. The molecule has 2 heterocycles. The molecule has 140 valence electrons. The maximum atomic E-state index is 5.91. The molecule has 3 N–H and O–H groups in total. The van der Waals surface area contributed by atoms with Crippen molar-refractivity contribution in [2.75, 3.05) is 11.9 Å². The van der Waals surface area contributed by atoms with Gasteiger partial charge < -0.3 is 15.8 Å². The summed E-state index contributed by atoms with van der Waals surface area (Å²) in [5, 5.41) is 3.44. The van der Waals surface area contributed by atoms with Gasteiger partial charge in [-0.05, 0) is 36.6 Å². The molecule has 5 heteroatoms. The lowest BCUT2D eigenvalue weighted by molar-refractivity contribution is 0.356. The Hall–Kier alpha value is -3.08. The average molecular weight is 362 g/mol. The van der Waals surface area contributed by atoms with Gasteiger partial charge in [0.1, 0.15) is 17.4 Å². The molecule has 5 nitrogen and oxygen atoms in total. The second kappa shape index (κ2) is 9.03. The van der Waals surface area contributed by atoms with Crippen LogP contribution in [0.4, 0.5) is 5.82 Å². The van der Waals surface area contributed by atoms with Crippen LogP contribution in [0.2, 0.25) is 0 Å². The van der Waals surface area contributed by atoms with Crippen LogP contribution in [-0.4, -0.2) is 17.8 Å². The maximum Gasteiger partial charge on any atom is 0.135 e. The van der Waals surface area contributed by atoms with E-state index in [1.807, 2.05) is 50.4 Å². The zero-order valence-electron chi connectivity index (χ0n) is 15.9. The monoisotopic (exact) mass is 362 g/mol. The van der Waals surface area contributed by atoms with E-state index in [1.54, 1.807) is 6.21 Å². The van der Waals surface area contributed by atoms with Gasteiger partial charge in [0.2, 0.25) is 0 Å². The number of allylic oxidation sites excluding steroid dienone is 3. The molecule has 1 aliphatic rings. The zero-order valence-corrected chi connectivity index (χ0v) is 15.9. The molecule has 0 atom stereocenters. The molecule has 0 fully saturated rings. The number of fused-ring (bicyclic) bond motifs is 1. The lowest BCUT2D eigenvalue weighted by atomic mass is 10.0. The third-order valence-corrected chi connectivity index (χ3v) is 4.41. The number of pyridine rings is 1. The fourth-order valence-electron chi connectivity index (χ4n) is 2.99. The molecule has 0 radical (unpaired) electrons. The Kier molecular flexibility index (Phi) is 6.26. The van der Waals surface area contributed by atoms with Crippen LogP contribution in [0.25, 0.3) is 5.57 Å². The molecule has 1 aromatic carbocycles. The number of nitrogens with one attached hydrogen (secondary N) is 1. The van der Waals surface area contributed by atoms with E-state index >= 15 is 0 Å². The molecule has 0 spiro atoms. The summed E-state index contributed by atoms with van der Waals surface area (Å²) >= 11 is 0. The summed E-state index contributed by atoms with van der Waals surface area (Å²) in [5.74, 6) is 2.34. The van der Waals surface area contributed by atoms with E-state index in [0.717, 1.165) is 47.7 Å². The quantitative estimate of drug-likeness (QED) is 0.720. The van der Waals surface area contributed by atoms with E-state index in [0.29, 0.717) is 12.4 Å². The number of benzene rings is 1. The zero-order chi connectivity index (χ0) is 19.1. The smallest absolute Gasteiger partial charge is 0.135 e. The number of nitrogens with two attached hydrogens (primary N) is 1. The number of aliphatic imine (C=N–C) groups is 1. The molecule has 0 amide bonds. The molecule has 3 rings (SSSR count). The minimum atomic E-state index is 0.529. The summed E-state index contributed by atoms with van der Waals surface area (Å²) in [4.78, 5) is 8.86. The van der Waals surface area contributed by atoms with Gasteiger partial charge in [0.15, 0.2) is 0 Å². The minimum Gasteiger partial charge on any atom is -0.492 e. The molecular weight excluding hydrogens is 336 g/mol. The van der Waals surface area contributed by atoms with Crippen molar-refractivity contribution < 1.29 is 4.74 Å². The molecule has 2 aromatic rings. The van der Waals surface area contributed by atoms with Crippen molar-refractivity contribution in [3.8, 4) is 5.75 Å². The Labute approximate surface area is 160 Å². The maximum absolute atomic E-state index is 5.91. The van der Waals surface area contributed by atoms with Crippen LogP contribution in [-0.2, 0) is 13.0 Å². The van der Waals surface area contributed by atoms with E-state index in [9.17, 15) is 0 Å². The van der Waals surface area contributed by atoms with Gasteiger partial charge in [-0.3, -0.25) is 0 Å². The number of hydrogen-bond acceptors (Lipinski definition) is 5. The summed E-state index contributed by atoms with van der Waals surface area (Å²) in [7, 11) is 0. The number of hydrogen-bond donors (Lipinski definition) is 2. The van der Waals surface area contributed by atoms with Crippen LogP contribution >= 0.6 is 0 Å². The van der Waals surface area contributed by atoms with Crippen LogP contribution < -0.4 is 15.8 Å². The van der Waals surface area contributed by atoms with Crippen molar-refractivity contribution >= 4 is 17.6 Å². The molecule has 0 aliphatic carbocycles. The highest BCUT2D eigenvalue weighted by Crippen LogP contribution is 2.37. The van der Waals surface area contributed by atoms with Gasteiger partial charge in [0, 0.05) is 36.5 Å². The first-order valence-electron chi connectivity index (χ1n) is 9.28. The van der Waals surface area contributed by atoms with Crippen molar-refractivity contribution in [1.29, 1.82) is 0 Å². The normalized spacial score (nSPS) is 14.3. The Balaban J connectivity index is 1.78. The fraction of sp³-hybridized carbons (Fsp3) is 0.273. The first-order valence-corrected chi connectivity index (χ1v) is 9.28. The van der Waals surface area contributed by atoms with Crippen molar-refractivity contribution in [2.45, 2.75) is 33.2 Å². The number of rotatable bonds is 7. The highest BCUT2D eigenvalue weighted by molar-refractivity contribution is 5.86. The first-order chi connectivity index (χ1) is 13.2. The van der Waals surface area contributed by atoms with E-state index in [1.165, 1.54) is 5.56 Å². The Morgan fingerprint density at radius 1 is 1.33 bits per heavy atom. The highest BCUT2D eigenvalue weighted by atomic mass is 16.5. The highest BCUT2D eigenvalue weighted by Gasteiger charge is 2.22. The summed E-state index contributed by atoms with van der Waals surface area (Å²) in [6.07, 6.45) is 9.14. The summed E-state index contributed by atoms with van der Waals surface area (Å²) in [6.45, 7) is 5.48. The van der Waals surface area contributed by atoms with E-state index < -0.39 is 0 Å². The van der Waals surface area contributed by atoms with Crippen molar-refractivity contribution in [3.05, 3.63) is 71.2 Å². The first kappa shape index (κ1) is 18.7. The average Bonchev–Trinajstić information content (AvgIpc) is 3.17. The van der Waals surface area contributed by atoms with Gasteiger partial charge in [0.05, 0.1) is 6.61 Å². The molecule has 27 heavy (non-hydrogen) atoms. The molecule has 0 saturated heterocycles. The van der Waals surface area contributed by atoms with Crippen LogP contribution in [0, 0.1) is 0 Å². The van der Waals surface area contributed by atoms with E-state index in [-0.39, 0.29) is 0 Å². The van der Waals surface area contributed by atoms with Gasteiger partial charge in [-0.2, -0.15) is 0 Å². The van der Waals surface area contributed by atoms with Gasteiger partial charge in [-0.15, -0.1) is 0 Å². The molecule has 1 aromatic heterocycles.